The molecule has 0 aromatic heterocycles. The van der Waals surface area contributed by atoms with Gasteiger partial charge in [-0.2, -0.15) is 0 Å². The van der Waals surface area contributed by atoms with E-state index in [1.807, 2.05) is 25.1 Å². The van der Waals surface area contributed by atoms with Crippen molar-refractivity contribution in [3.8, 4) is 5.75 Å². The number of rotatable bonds is 5. The molecule has 1 saturated heterocycles. The molecule has 1 aromatic carbocycles. The lowest BCUT2D eigenvalue weighted by molar-refractivity contribution is -0.150. The van der Waals surface area contributed by atoms with Gasteiger partial charge in [-0.05, 0) is 42.9 Å². The summed E-state index contributed by atoms with van der Waals surface area (Å²) in [5, 5.41) is 10.2. The first-order valence-electron chi connectivity index (χ1n) is 8.26. The highest BCUT2D eigenvalue weighted by molar-refractivity contribution is 5.85. The van der Waals surface area contributed by atoms with Gasteiger partial charge in [0.05, 0.1) is 6.54 Å². The van der Waals surface area contributed by atoms with E-state index in [0.29, 0.717) is 18.7 Å². The topological polar surface area (TPSA) is 92.9 Å². The lowest BCUT2D eigenvalue weighted by Crippen LogP contribution is -2.57. The number of hydrogen-bond acceptors (Lipinski definition) is 4. The first kappa shape index (κ1) is 18.3. The molecule has 2 amide bonds. The average molecular weight is 334 g/mol. The van der Waals surface area contributed by atoms with Crippen molar-refractivity contribution in [3.63, 3.8) is 0 Å². The number of nitrogens with zero attached hydrogens (tertiary/aromatic N) is 1. The summed E-state index contributed by atoms with van der Waals surface area (Å²) >= 11 is 0. The number of nitrogens with two attached hydrogens (primary N) is 1. The van der Waals surface area contributed by atoms with Crippen molar-refractivity contribution in [3.05, 3.63) is 29.3 Å². The van der Waals surface area contributed by atoms with Crippen molar-refractivity contribution in [2.24, 2.45) is 5.73 Å². The van der Waals surface area contributed by atoms with Gasteiger partial charge in [0.25, 0.3) is 11.8 Å². The van der Waals surface area contributed by atoms with E-state index >= 15 is 0 Å². The van der Waals surface area contributed by atoms with Crippen LogP contribution in [0.3, 0.4) is 0 Å². The van der Waals surface area contributed by atoms with Gasteiger partial charge in [-0.25, -0.2) is 0 Å². The number of benzene rings is 1. The number of aliphatic hydroxyl groups is 1. The van der Waals surface area contributed by atoms with Crippen LogP contribution in [0, 0.1) is 6.92 Å². The van der Waals surface area contributed by atoms with Crippen LogP contribution in [0.4, 0.5) is 0 Å². The van der Waals surface area contributed by atoms with Crippen LogP contribution in [-0.4, -0.2) is 47.1 Å². The molecule has 0 spiro atoms. The van der Waals surface area contributed by atoms with Crippen LogP contribution in [0.25, 0.3) is 0 Å². The molecular weight excluding hydrogens is 308 g/mol. The molecule has 1 aliphatic rings. The van der Waals surface area contributed by atoms with E-state index in [0.717, 1.165) is 11.1 Å². The van der Waals surface area contributed by atoms with Gasteiger partial charge in [0, 0.05) is 6.54 Å². The van der Waals surface area contributed by atoms with Gasteiger partial charge in [-0.15, -0.1) is 0 Å². The predicted molar refractivity (Wildman–Crippen MR) is 90.7 cm³/mol. The number of ether oxygens (including phenoxy) is 1. The maximum absolute atomic E-state index is 12.4. The fraction of sp³-hybridized carbons (Fsp3) is 0.556. The average Bonchev–Trinajstić information content (AvgIpc) is 2.52. The summed E-state index contributed by atoms with van der Waals surface area (Å²) < 4.78 is 5.73. The number of piperidine rings is 1. The normalized spacial score (nSPS) is 21.0. The predicted octanol–water partition coefficient (Wildman–Crippen LogP) is 1.34. The lowest BCUT2D eigenvalue weighted by atomic mass is 9.92. The summed E-state index contributed by atoms with van der Waals surface area (Å²) in [4.78, 5) is 25.2. The summed E-state index contributed by atoms with van der Waals surface area (Å²) in [5.74, 6) is -0.0709. The van der Waals surface area contributed by atoms with E-state index in [1.54, 1.807) is 0 Å². The Hall–Kier alpha value is -2.08. The summed E-state index contributed by atoms with van der Waals surface area (Å²) in [5.41, 5.74) is 5.70. The van der Waals surface area contributed by atoms with Gasteiger partial charge < -0.3 is 20.5 Å². The highest BCUT2D eigenvalue weighted by atomic mass is 16.5. The molecule has 1 heterocycles. The zero-order chi connectivity index (χ0) is 17.9. The van der Waals surface area contributed by atoms with E-state index in [1.165, 1.54) is 4.90 Å². The highest BCUT2D eigenvalue weighted by Crippen LogP contribution is 2.28. The van der Waals surface area contributed by atoms with E-state index in [9.17, 15) is 14.7 Å². The minimum absolute atomic E-state index is 0.0740. The number of likely N-dealkylation sites (tertiary alicyclic amines) is 1. The SMILES string of the molecule is Cc1ccc(C(C)C)c(OCC(=O)N2CCC[C@](O)(C(N)=O)C2)c1. The van der Waals surface area contributed by atoms with Gasteiger partial charge >= 0.3 is 0 Å². The quantitative estimate of drug-likeness (QED) is 0.850. The molecule has 132 valence electrons. The third-order valence-electron chi connectivity index (χ3n) is 4.42. The van der Waals surface area contributed by atoms with Crippen LogP contribution in [0.1, 0.15) is 43.7 Å². The Morgan fingerprint density at radius 3 is 2.75 bits per heavy atom. The third kappa shape index (κ3) is 4.06. The molecule has 0 radical (unpaired) electrons. The standard InChI is InChI=1S/C18H26N2O4/c1-12(2)14-6-5-13(3)9-15(14)24-10-16(21)20-8-4-7-18(23,11-20)17(19)22/h5-6,9,12,23H,4,7-8,10-11H2,1-3H3,(H2,19,22)/t18-/m1/s1. The van der Waals surface area contributed by atoms with Gasteiger partial charge in [0.1, 0.15) is 5.75 Å². The van der Waals surface area contributed by atoms with Crippen LogP contribution < -0.4 is 10.5 Å². The van der Waals surface area contributed by atoms with E-state index in [4.69, 9.17) is 10.5 Å². The van der Waals surface area contributed by atoms with Gasteiger partial charge in [0.2, 0.25) is 0 Å². The largest absolute Gasteiger partial charge is 0.483 e. The molecule has 24 heavy (non-hydrogen) atoms. The van der Waals surface area contributed by atoms with Gasteiger partial charge in [-0.1, -0.05) is 26.0 Å². The molecule has 1 fully saturated rings. The minimum atomic E-state index is -1.64. The second-order valence-electron chi connectivity index (χ2n) is 6.80. The zero-order valence-electron chi connectivity index (χ0n) is 14.5. The molecule has 0 bridgehead atoms. The fourth-order valence-electron chi connectivity index (χ4n) is 2.92. The van der Waals surface area contributed by atoms with Crippen molar-refractivity contribution < 1.29 is 19.4 Å². The molecule has 1 atom stereocenters. The molecule has 0 unspecified atom stereocenters. The second-order valence-corrected chi connectivity index (χ2v) is 6.80. The number of carbonyl (C=O) groups is 2. The number of hydrogen-bond donors (Lipinski definition) is 2. The van der Waals surface area contributed by atoms with Crippen LogP contribution in [0.15, 0.2) is 18.2 Å². The molecule has 3 N–H and O–H groups in total. The van der Waals surface area contributed by atoms with Crippen molar-refractivity contribution in [2.45, 2.75) is 45.1 Å². The molecule has 6 heteroatoms. The van der Waals surface area contributed by atoms with Gasteiger partial charge in [0.15, 0.2) is 12.2 Å². The molecule has 1 aliphatic heterocycles. The van der Waals surface area contributed by atoms with Crippen LogP contribution in [0.5, 0.6) is 5.75 Å². The first-order valence-corrected chi connectivity index (χ1v) is 8.26. The van der Waals surface area contributed by atoms with E-state index in [-0.39, 0.29) is 31.4 Å². The van der Waals surface area contributed by atoms with Gasteiger partial charge in [-0.3, -0.25) is 9.59 Å². The minimum Gasteiger partial charge on any atom is -0.483 e. The summed E-state index contributed by atoms with van der Waals surface area (Å²) in [7, 11) is 0. The third-order valence-corrected chi connectivity index (χ3v) is 4.42. The maximum Gasteiger partial charge on any atom is 0.260 e. The Bertz CT molecular complexity index is 629. The first-order chi connectivity index (χ1) is 11.2. The Kier molecular flexibility index (Phi) is 5.49. The summed E-state index contributed by atoms with van der Waals surface area (Å²) in [6, 6.07) is 5.94. The maximum atomic E-state index is 12.4. The number of β-amino-alcohol motifs (C(OH)–C–C–N with tert-alkyl or cyclic N) is 1. The zero-order valence-corrected chi connectivity index (χ0v) is 14.5. The Balaban J connectivity index is 2.03. The van der Waals surface area contributed by atoms with E-state index in [2.05, 4.69) is 13.8 Å². The summed E-state index contributed by atoms with van der Waals surface area (Å²) in [6.07, 6.45) is 0.815. The van der Waals surface area contributed by atoms with Crippen LogP contribution in [0.2, 0.25) is 0 Å². The molecule has 1 aromatic rings. The molecule has 2 rings (SSSR count). The van der Waals surface area contributed by atoms with Crippen molar-refractivity contribution in [2.75, 3.05) is 19.7 Å². The number of carbonyl (C=O) groups excluding carboxylic acids is 2. The fourth-order valence-corrected chi connectivity index (χ4v) is 2.92. The lowest BCUT2D eigenvalue weighted by Gasteiger charge is -2.37. The van der Waals surface area contributed by atoms with Crippen LogP contribution in [-0.2, 0) is 9.59 Å². The van der Waals surface area contributed by atoms with E-state index < -0.39 is 11.5 Å². The van der Waals surface area contributed by atoms with Crippen molar-refractivity contribution in [1.82, 2.24) is 4.90 Å². The Morgan fingerprint density at radius 1 is 1.42 bits per heavy atom. The molecule has 6 nitrogen and oxygen atoms in total. The van der Waals surface area contributed by atoms with Crippen LogP contribution >= 0.6 is 0 Å². The molecule has 0 aliphatic carbocycles. The smallest absolute Gasteiger partial charge is 0.260 e. The molecule has 0 saturated carbocycles. The van der Waals surface area contributed by atoms with Crippen molar-refractivity contribution in [1.29, 1.82) is 0 Å². The monoisotopic (exact) mass is 334 g/mol. The Morgan fingerprint density at radius 2 is 2.12 bits per heavy atom. The Labute approximate surface area is 142 Å². The van der Waals surface area contributed by atoms with Crippen molar-refractivity contribution >= 4 is 11.8 Å². The molecular formula is C18H26N2O4. The summed E-state index contributed by atoms with van der Waals surface area (Å²) in [6.45, 7) is 6.39. The highest BCUT2D eigenvalue weighted by Gasteiger charge is 2.40. The number of aryl methyl sites for hydroxylation is 1. The number of primary amides is 1. The second kappa shape index (κ2) is 7.21. The number of amides is 2.